The molecule has 30 heavy (non-hydrogen) atoms. The van der Waals surface area contributed by atoms with Crippen molar-refractivity contribution in [2.45, 2.75) is 13.8 Å². The minimum absolute atomic E-state index is 0.166. The van der Waals surface area contributed by atoms with E-state index in [1.54, 1.807) is 36.4 Å². The number of hydrogen-bond donors (Lipinski definition) is 1. The van der Waals surface area contributed by atoms with Crippen molar-refractivity contribution < 1.29 is 23.4 Å². The number of carbonyl (C=O) groups is 1. The van der Waals surface area contributed by atoms with Gasteiger partial charge in [0.05, 0.1) is 19.4 Å². The van der Waals surface area contributed by atoms with Gasteiger partial charge >= 0.3 is 5.91 Å². The third-order valence-corrected chi connectivity index (χ3v) is 4.03. The SMILES string of the molecule is C=CCOc1ccc(/C=N/NC(=O)c2cc3cc(OCC)ccc3o2)cc1OCC. The number of fused-ring (bicyclic) bond motifs is 1. The van der Waals surface area contributed by atoms with E-state index >= 15 is 0 Å². The Morgan fingerprint density at radius 1 is 1.07 bits per heavy atom. The predicted octanol–water partition coefficient (Wildman–Crippen LogP) is 4.56. The Kier molecular flexibility index (Phi) is 7.10. The molecular weight excluding hydrogens is 384 g/mol. The Labute approximate surface area is 174 Å². The first-order chi connectivity index (χ1) is 14.6. The summed E-state index contributed by atoms with van der Waals surface area (Å²) >= 11 is 0. The number of amides is 1. The quantitative estimate of drug-likeness (QED) is 0.302. The van der Waals surface area contributed by atoms with Crippen LogP contribution in [-0.2, 0) is 0 Å². The smallest absolute Gasteiger partial charge is 0.307 e. The zero-order valence-electron chi connectivity index (χ0n) is 17.0. The zero-order chi connectivity index (χ0) is 21.3. The second-order valence-corrected chi connectivity index (χ2v) is 6.18. The molecule has 1 amide bonds. The van der Waals surface area contributed by atoms with Gasteiger partial charge in [0.1, 0.15) is 17.9 Å². The van der Waals surface area contributed by atoms with Crippen LogP contribution in [-0.4, -0.2) is 31.9 Å². The number of carbonyl (C=O) groups excluding carboxylic acids is 1. The molecule has 7 nitrogen and oxygen atoms in total. The molecule has 1 heterocycles. The summed E-state index contributed by atoms with van der Waals surface area (Å²) < 4.78 is 22.2. The average Bonchev–Trinajstić information content (AvgIpc) is 3.17. The molecule has 0 saturated carbocycles. The molecule has 0 aliphatic heterocycles. The van der Waals surface area contributed by atoms with Crippen LogP contribution in [0.15, 0.2) is 64.6 Å². The summed E-state index contributed by atoms with van der Waals surface area (Å²) in [7, 11) is 0. The van der Waals surface area contributed by atoms with Crippen molar-refractivity contribution in [3.8, 4) is 17.2 Å². The number of rotatable bonds is 10. The largest absolute Gasteiger partial charge is 0.494 e. The van der Waals surface area contributed by atoms with Crippen LogP contribution in [0.3, 0.4) is 0 Å². The number of benzene rings is 2. The van der Waals surface area contributed by atoms with Crippen molar-refractivity contribution in [2.24, 2.45) is 5.10 Å². The van der Waals surface area contributed by atoms with E-state index in [2.05, 4.69) is 17.1 Å². The van der Waals surface area contributed by atoms with Crippen molar-refractivity contribution in [2.75, 3.05) is 19.8 Å². The van der Waals surface area contributed by atoms with E-state index in [1.165, 1.54) is 6.21 Å². The van der Waals surface area contributed by atoms with Gasteiger partial charge in [-0.05, 0) is 61.9 Å². The van der Waals surface area contributed by atoms with E-state index in [4.69, 9.17) is 18.6 Å². The molecule has 0 bridgehead atoms. The maximum absolute atomic E-state index is 12.4. The number of furan rings is 1. The first-order valence-corrected chi connectivity index (χ1v) is 9.65. The molecule has 0 aliphatic carbocycles. The van der Waals surface area contributed by atoms with Crippen molar-refractivity contribution in [1.82, 2.24) is 5.43 Å². The van der Waals surface area contributed by atoms with Crippen LogP contribution in [0.25, 0.3) is 11.0 Å². The van der Waals surface area contributed by atoms with Gasteiger partial charge in [-0.25, -0.2) is 5.43 Å². The lowest BCUT2D eigenvalue weighted by molar-refractivity contribution is 0.0929. The van der Waals surface area contributed by atoms with Crippen LogP contribution in [0, 0.1) is 0 Å². The summed E-state index contributed by atoms with van der Waals surface area (Å²) in [6.45, 7) is 8.89. The highest BCUT2D eigenvalue weighted by atomic mass is 16.5. The number of nitrogens with zero attached hydrogens (tertiary/aromatic N) is 1. The fourth-order valence-corrected chi connectivity index (χ4v) is 2.75. The Balaban J connectivity index is 1.68. The van der Waals surface area contributed by atoms with Gasteiger partial charge in [0.25, 0.3) is 0 Å². The zero-order valence-corrected chi connectivity index (χ0v) is 17.0. The third-order valence-electron chi connectivity index (χ3n) is 4.03. The normalized spacial score (nSPS) is 10.9. The van der Waals surface area contributed by atoms with Crippen molar-refractivity contribution in [1.29, 1.82) is 0 Å². The predicted molar refractivity (Wildman–Crippen MR) is 116 cm³/mol. The second kappa shape index (κ2) is 10.2. The van der Waals surface area contributed by atoms with Crippen LogP contribution in [0.1, 0.15) is 30.0 Å². The van der Waals surface area contributed by atoms with Gasteiger partial charge in [0.15, 0.2) is 17.3 Å². The van der Waals surface area contributed by atoms with Gasteiger partial charge in [0.2, 0.25) is 0 Å². The molecule has 0 saturated heterocycles. The molecule has 1 aromatic heterocycles. The van der Waals surface area contributed by atoms with E-state index in [9.17, 15) is 4.79 Å². The summed E-state index contributed by atoms with van der Waals surface area (Å²) in [5.41, 5.74) is 3.82. The Morgan fingerprint density at radius 3 is 2.67 bits per heavy atom. The highest BCUT2D eigenvalue weighted by Crippen LogP contribution is 2.28. The Morgan fingerprint density at radius 2 is 1.90 bits per heavy atom. The highest BCUT2D eigenvalue weighted by Gasteiger charge is 2.12. The molecule has 7 heteroatoms. The molecule has 0 atom stereocenters. The van der Waals surface area contributed by atoms with E-state index < -0.39 is 5.91 Å². The minimum atomic E-state index is -0.448. The molecule has 0 fully saturated rings. The average molecular weight is 408 g/mol. The van der Waals surface area contributed by atoms with Gasteiger partial charge in [-0.15, -0.1) is 0 Å². The van der Waals surface area contributed by atoms with Gasteiger partial charge in [-0.1, -0.05) is 12.7 Å². The number of nitrogens with one attached hydrogen (secondary N) is 1. The molecule has 0 aliphatic rings. The standard InChI is InChI=1S/C23H24N2O5/c1-4-11-29-20-9-7-16(12-21(20)28-6-3)15-24-25-23(26)22-14-17-13-18(27-5-2)8-10-19(17)30-22/h4,7-10,12-15H,1,5-6,11H2,2-3H3,(H,25,26)/b24-15+. The molecule has 0 unspecified atom stereocenters. The summed E-state index contributed by atoms with van der Waals surface area (Å²) in [5, 5.41) is 4.79. The lowest BCUT2D eigenvalue weighted by Crippen LogP contribution is -2.16. The fraction of sp³-hybridized carbons (Fsp3) is 0.217. The summed E-state index contributed by atoms with van der Waals surface area (Å²) in [6, 6.07) is 12.4. The summed E-state index contributed by atoms with van der Waals surface area (Å²) in [5.74, 6) is 1.65. The lowest BCUT2D eigenvalue weighted by atomic mass is 10.2. The van der Waals surface area contributed by atoms with Crippen LogP contribution < -0.4 is 19.6 Å². The van der Waals surface area contributed by atoms with E-state index in [1.807, 2.05) is 26.0 Å². The van der Waals surface area contributed by atoms with Gasteiger partial charge < -0.3 is 18.6 Å². The second-order valence-electron chi connectivity index (χ2n) is 6.18. The van der Waals surface area contributed by atoms with Crippen molar-refractivity contribution in [3.05, 3.63) is 66.4 Å². The molecule has 3 rings (SSSR count). The molecule has 0 radical (unpaired) electrons. The van der Waals surface area contributed by atoms with Gasteiger partial charge in [-0.2, -0.15) is 5.10 Å². The Bertz CT molecular complexity index is 1050. The van der Waals surface area contributed by atoms with E-state index in [0.29, 0.717) is 36.9 Å². The fourth-order valence-electron chi connectivity index (χ4n) is 2.75. The molecule has 0 spiro atoms. The number of hydrazone groups is 1. The number of hydrogen-bond acceptors (Lipinski definition) is 6. The van der Waals surface area contributed by atoms with Crippen LogP contribution in [0.2, 0.25) is 0 Å². The summed E-state index contributed by atoms with van der Waals surface area (Å²) in [4.78, 5) is 12.4. The first-order valence-electron chi connectivity index (χ1n) is 9.65. The van der Waals surface area contributed by atoms with E-state index in [-0.39, 0.29) is 5.76 Å². The topological polar surface area (TPSA) is 82.3 Å². The van der Waals surface area contributed by atoms with Gasteiger partial charge in [-0.3, -0.25) is 4.79 Å². The Hall–Kier alpha value is -3.74. The summed E-state index contributed by atoms with van der Waals surface area (Å²) in [6.07, 6.45) is 3.18. The maximum atomic E-state index is 12.4. The van der Waals surface area contributed by atoms with Crippen LogP contribution in [0.4, 0.5) is 0 Å². The third kappa shape index (κ3) is 5.20. The monoisotopic (exact) mass is 408 g/mol. The molecule has 3 aromatic rings. The maximum Gasteiger partial charge on any atom is 0.307 e. The first kappa shape index (κ1) is 21.0. The highest BCUT2D eigenvalue weighted by molar-refractivity contribution is 5.96. The van der Waals surface area contributed by atoms with Crippen LogP contribution in [0.5, 0.6) is 17.2 Å². The van der Waals surface area contributed by atoms with Gasteiger partial charge in [0, 0.05) is 5.39 Å². The molecule has 156 valence electrons. The minimum Gasteiger partial charge on any atom is -0.494 e. The lowest BCUT2D eigenvalue weighted by Gasteiger charge is -2.11. The molecule has 1 N–H and O–H groups in total. The molecule has 2 aromatic carbocycles. The van der Waals surface area contributed by atoms with Crippen molar-refractivity contribution in [3.63, 3.8) is 0 Å². The van der Waals surface area contributed by atoms with E-state index in [0.717, 1.165) is 16.7 Å². The van der Waals surface area contributed by atoms with Crippen molar-refractivity contribution >= 4 is 23.1 Å². The van der Waals surface area contributed by atoms with Crippen LogP contribution >= 0.6 is 0 Å². The molecular formula is C23H24N2O5. The number of ether oxygens (including phenoxy) is 3.